The van der Waals surface area contributed by atoms with Crippen molar-refractivity contribution in [2.24, 2.45) is 7.05 Å². The highest BCUT2D eigenvalue weighted by Crippen LogP contribution is 2.24. The lowest BCUT2D eigenvalue weighted by Crippen LogP contribution is -2.47. The number of aromatic nitrogens is 2. The predicted octanol–water partition coefficient (Wildman–Crippen LogP) is 2.17. The van der Waals surface area contributed by atoms with Crippen LogP contribution in [0.5, 0.6) is 0 Å². The summed E-state index contributed by atoms with van der Waals surface area (Å²) in [5.74, 6) is 0. The maximum atomic E-state index is 10.5. The van der Waals surface area contributed by atoms with E-state index in [2.05, 4.69) is 47.1 Å². The van der Waals surface area contributed by atoms with E-state index in [0.29, 0.717) is 13.0 Å². The SMILES string of the molecule is Cc1nn(C)c(CC(C)(O)CNC(C)(C)C)c1Br. The molecule has 2 N–H and O–H groups in total. The van der Waals surface area contributed by atoms with Gasteiger partial charge in [0, 0.05) is 25.6 Å². The molecule has 0 aliphatic rings. The van der Waals surface area contributed by atoms with Gasteiger partial charge >= 0.3 is 0 Å². The number of aryl methyl sites for hydroxylation is 2. The first-order valence-corrected chi connectivity index (χ1v) is 6.96. The number of rotatable bonds is 4. The van der Waals surface area contributed by atoms with Gasteiger partial charge in [0.15, 0.2) is 0 Å². The first kappa shape index (κ1) is 15.7. The normalized spacial score (nSPS) is 15.8. The summed E-state index contributed by atoms with van der Waals surface area (Å²) < 4.78 is 2.81. The molecule has 1 atom stereocenters. The van der Waals surface area contributed by atoms with Crippen LogP contribution >= 0.6 is 15.9 Å². The Hall–Kier alpha value is -0.390. The van der Waals surface area contributed by atoms with Gasteiger partial charge in [-0.25, -0.2) is 0 Å². The molecule has 0 amide bonds. The van der Waals surface area contributed by atoms with Crippen LogP contribution in [0.4, 0.5) is 0 Å². The average Bonchev–Trinajstić information content (AvgIpc) is 2.41. The van der Waals surface area contributed by atoms with Crippen molar-refractivity contribution in [3.8, 4) is 0 Å². The summed E-state index contributed by atoms with van der Waals surface area (Å²) in [4.78, 5) is 0. The van der Waals surface area contributed by atoms with Gasteiger partial charge in [-0.2, -0.15) is 5.10 Å². The fourth-order valence-corrected chi connectivity index (χ4v) is 2.23. The van der Waals surface area contributed by atoms with Crippen LogP contribution < -0.4 is 5.32 Å². The number of hydrogen-bond donors (Lipinski definition) is 2. The summed E-state index contributed by atoms with van der Waals surface area (Å²) in [5, 5.41) is 18.1. The molecule has 0 radical (unpaired) electrons. The lowest BCUT2D eigenvalue weighted by Gasteiger charge is -2.29. The minimum atomic E-state index is -0.796. The molecular weight excluding hydrogens is 294 g/mol. The van der Waals surface area contributed by atoms with Crippen LogP contribution in [0.2, 0.25) is 0 Å². The molecule has 104 valence electrons. The Bertz CT molecular complexity index is 419. The molecule has 0 saturated heterocycles. The average molecular weight is 318 g/mol. The highest BCUT2D eigenvalue weighted by molar-refractivity contribution is 9.10. The van der Waals surface area contributed by atoms with Gasteiger partial charge in [-0.3, -0.25) is 4.68 Å². The van der Waals surface area contributed by atoms with Crippen molar-refractivity contribution in [1.82, 2.24) is 15.1 Å². The monoisotopic (exact) mass is 317 g/mol. The second kappa shape index (κ2) is 5.31. The van der Waals surface area contributed by atoms with Gasteiger partial charge in [-0.05, 0) is 50.5 Å². The van der Waals surface area contributed by atoms with Crippen LogP contribution in [-0.2, 0) is 13.5 Å². The second-order valence-corrected chi connectivity index (χ2v) is 7.04. The van der Waals surface area contributed by atoms with E-state index < -0.39 is 5.60 Å². The van der Waals surface area contributed by atoms with Gasteiger partial charge in [0.2, 0.25) is 0 Å². The summed E-state index contributed by atoms with van der Waals surface area (Å²) >= 11 is 3.53. The molecule has 0 spiro atoms. The third-order valence-electron chi connectivity index (χ3n) is 2.81. The van der Waals surface area contributed by atoms with E-state index in [-0.39, 0.29) is 5.54 Å². The predicted molar refractivity (Wildman–Crippen MR) is 77.7 cm³/mol. The number of halogens is 1. The van der Waals surface area contributed by atoms with Crippen LogP contribution in [0.25, 0.3) is 0 Å². The molecular formula is C13H24BrN3O. The molecule has 0 fully saturated rings. The Morgan fingerprint density at radius 2 is 1.89 bits per heavy atom. The van der Waals surface area contributed by atoms with Gasteiger partial charge in [-0.1, -0.05) is 0 Å². The Kier molecular flexibility index (Phi) is 4.62. The Balaban J connectivity index is 2.76. The Morgan fingerprint density at radius 1 is 1.33 bits per heavy atom. The highest BCUT2D eigenvalue weighted by Gasteiger charge is 2.26. The smallest absolute Gasteiger partial charge is 0.0799 e. The number of aliphatic hydroxyl groups is 1. The van der Waals surface area contributed by atoms with E-state index in [1.165, 1.54) is 0 Å². The molecule has 1 unspecified atom stereocenters. The number of nitrogens with one attached hydrogen (secondary N) is 1. The van der Waals surface area contributed by atoms with E-state index in [9.17, 15) is 5.11 Å². The third-order valence-corrected chi connectivity index (χ3v) is 3.84. The minimum Gasteiger partial charge on any atom is -0.388 e. The van der Waals surface area contributed by atoms with Gasteiger partial charge in [-0.15, -0.1) is 0 Å². The molecule has 4 nitrogen and oxygen atoms in total. The van der Waals surface area contributed by atoms with Crippen molar-refractivity contribution in [1.29, 1.82) is 0 Å². The molecule has 1 heterocycles. The molecule has 18 heavy (non-hydrogen) atoms. The lowest BCUT2D eigenvalue weighted by atomic mass is 9.98. The highest BCUT2D eigenvalue weighted by atomic mass is 79.9. The molecule has 0 aromatic carbocycles. The van der Waals surface area contributed by atoms with E-state index in [4.69, 9.17) is 0 Å². The van der Waals surface area contributed by atoms with Crippen LogP contribution in [-0.4, -0.2) is 32.6 Å². The molecule has 5 heteroatoms. The number of hydrogen-bond acceptors (Lipinski definition) is 3. The standard InChI is InChI=1S/C13H24BrN3O/c1-9-11(14)10(17(6)16-9)7-13(5,18)8-15-12(2,3)4/h15,18H,7-8H2,1-6H3. The maximum absolute atomic E-state index is 10.5. The van der Waals surface area contributed by atoms with E-state index >= 15 is 0 Å². The summed E-state index contributed by atoms with van der Waals surface area (Å²) in [7, 11) is 1.90. The van der Waals surface area contributed by atoms with E-state index in [1.807, 2.05) is 25.6 Å². The van der Waals surface area contributed by atoms with Crippen LogP contribution in [0.15, 0.2) is 4.47 Å². The molecule has 1 aromatic rings. The topological polar surface area (TPSA) is 50.1 Å². The van der Waals surface area contributed by atoms with E-state index in [0.717, 1.165) is 15.9 Å². The van der Waals surface area contributed by atoms with Crippen LogP contribution in [0.3, 0.4) is 0 Å². The van der Waals surface area contributed by atoms with Crippen LogP contribution in [0.1, 0.15) is 39.1 Å². The van der Waals surface area contributed by atoms with Gasteiger partial charge in [0.25, 0.3) is 0 Å². The fraction of sp³-hybridized carbons (Fsp3) is 0.769. The van der Waals surface area contributed by atoms with Crippen molar-refractivity contribution >= 4 is 15.9 Å². The van der Waals surface area contributed by atoms with E-state index in [1.54, 1.807) is 0 Å². The fourth-order valence-electron chi connectivity index (χ4n) is 1.75. The largest absolute Gasteiger partial charge is 0.388 e. The zero-order chi connectivity index (χ0) is 14.1. The molecule has 0 aliphatic carbocycles. The summed E-state index contributed by atoms with van der Waals surface area (Å²) in [6.45, 7) is 10.6. The lowest BCUT2D eigenvalue weighted by molar-refractivity contribution is 0.0515. The zero-order valence-electron chi connectivity index (χ0n) is 12.1. The number of nitrogens with zero attached hydrogens (tertiary/aromatic N) is 2. The first-order chi connectivity index (χ1) is 8.02. The van der Waals surface area contributed by atoms with Crippen molar-refractivity contribution in [3.63, 3.8) is 0 Å². The van der Waals surface area contributed by atoms with Gasteiger partial charge in [0.1, 0.15) is 0 Å². The summed E-state index contributed by atoms with van der Waals surface area (Å²) in [5.41, 5.74) is 1.18. The number of β-amino-alcohol motifs (C(OH)–C–C–N with tert-alkyl or cyclic N) is 1. The second-order valence-electron chi connectivity index (χ2n) is 6.25. The van der Waals surface area contributed by atoms with Gasteiger partial charge in [0.05, 0.1) is 21.5 Å². The molecule has 0 saturated carbocycles. The summed E-state index contributed by atoms with van der Waals surface area (Å²) in [6, 6.07) is 0. The quantitative estimate of drug-likeness (QED) is 0.894. The first-order valence-electron chi connectivity index (χ1n) is 6.17. The Morgan fingerprint density at radius 3 is 2.28 bits per heavy atom. The van der Waals surface area contributed by atoms with Crippen molar-refractivity contribution in [3.05, 3.63) is 15.9 Å². The maximum Gasteiger partial charge on any atom is 0.0799 e. The molecule has 0 bridgehead atoms. The third kappa shape index (κ3) is 4.37. The molecule has 1 aromatic heterocycles. The minimum absolute atomic E-state index is 0.00357. The summed E-state index contributed by atoms with van der Waals surface area (Å²) in [6.07, 6.45) is 0.563. The Labute approximate surface area is 118 Å². The van der Waals surface area contributed by atoms with Gasteiger partial charge < -0.3 is 10.4 Å². The zero-order valence-corrected chi connectivity index (χ0v) is 13.7. The van der Waals surface area contributed by atoms with Crippen molar-refractivity contribution in [2.45, 2.75) is 52.2 Å². The molecule has 0 aliphatic heterocycles. The van der Waals surface area contributed by atoms with Crippen molar-refractivity contribution in [2.75, 3.05) is 6.54 Å². The molecule has 1 rings (SSSR count). The van der Waals surface area contributed by atoms with Crippen molar-refractivity contribution < 1.29 is 5.11 Å². The van der Waals surface area contributed by atoms with Crippen LogP contribution in [0, 0.1) is 6.92 Å².